The molecule has 5 heteroatoms. The van der Waals surface area contributed by atoms with E-state index in [1.54, 1.807) is 12.1 Å². The van der Waals surface area contributed by atoms with Gasteiger partial charge in [-0.05, 0) is 43.5 Å². The largest absolute Gasteiger partial charge is 0.507 e. The molecule has 4 rings (SSSR count). The molecule has 5 nitrogen and oxygen atoms in total. The third kappa shape index (κ3) is 3.07. The van der Waals surface area contributed by atoms with Gasteiger partial charge in [0.1, 0.15) is 5.75 Å². The first-order valence-electron chi connectivity index (χ1n) is 9.95. The number of carbonyl (C=O) groups is 2. The van der Waals surface area contributed by atoms with Crippen LogP contribution in [0.1, 0.15) is 75.6 Å². The lowest BCUT2D eigenvalue weighted by Crippen LogP contribution is -2.22. The number of carbonyl (C=O) groups excluding carboxylic acids is 2. The van der Waals surface area contributed by atoms with E-state index in [9.17, 15) is 19.5 Å². The topological polar surface area (TPSA) is 84.6 Å². The molecule has 1 aliphatic rings. The van der Waals surface area contributed by atoms with Crippen LogP contribution in [0.2, 0.25) is 0 Å². The maximum Gasteiger partial charge on any atom is 0.339 e. The van der Waals surface area contributed by atoms with Gasteiger partial charge in [-0.15, -0.1) is 0 Å². The number of aryl methyl sites for hydroxylation is 2. The molecule has 0 amide bonds. The molecule has 0 aliphatic heterocycles. The van der Waals surface area contributed by atoms with Crippen molar-refractivity contribution in [3.8, 4) is 5.75 Å². The van der Waals surface area contributed by atoms with E-state index < -0.39 is 11.4 Å². The average Bonchev–Trinajstić information content (AvgIpc) is 2.69. The van der Waals surface area contributed by atoms with Gasteiger partial charge in [-0.25, -0.2) is 4.79 Å². The summed E-state index contributed by atoms with van der Waals surface area (Å²) in [5.41, 5.74) is 1.37. The number of aromatic hydroxyl groups is 1. The SMILES string of the molecule is CCCCCCc1cc2c(C)cc3c(c2oc1=O)C(=O)c1c(O)cccc1C3=O. The maximum atomic E-state index is 13.2. The van der Waals surface area contributed by atoms with Crippen molar-refractivity contribution in [2.24, 2.45) is 0 Å². The summed E-state index contributed by atoms with van der Waals surface area (Å²) in [4.78, 5) is 38.7. The lowest BCUT2D eigenvalue weighted by molar-refractivity contribution is 0.0977. The van der Waals surface area contributed by atoms with Crippen molar-refractivity contribution in [2.75, 3.05) is 0 Å². The minimum Gasteiger partial charge on any atom is -0.507 e. The van der Waals surface area contributed by atoms with E-state index in [0.717, 1.165) is 31.2 Å². The smallest absolute Gasteiger partial charge is 0.339 e. The number of rotatable bonds is 5. The quantitative estimate of drug-likeness (QED) is 0.394. The Morgan fingerprint density at radius 3 is 2.48 bits per heavy atom. The molecule has 2 aromatic carbocycles. The second kappa shape index (κ2) is 7.32. The number of benzene rings is 2. The van der Waals surface area contributed by atoms with Crippen molar-refractivity contribution in [1.29, 1.82) is 0 Å². The van der Waals surface area contributed by atoms with Gasteiger partial charge in [-0.1, -0.05) is 38.3 Å². The fraction of sp³-hybridized carbons (Fsp3) is 0.292. The normalized spacial score (nSPS) is 12.9. The molecule has 0 bridgehead atoms. The zero-order valence-corrected chi connectivity index (χ0v) is 16.5. The number of fused-ring (bicyclic) bond motifs is 4. The first-order chi connectivity index (χ1) is 13.9. The Hall–Kier alpha value is -3.21. The molecule has 0 spiro atoms. The molecular formula is C24H22O5. The standard InChI is InChI=1S/C24H22O5/c1-3-4-5-6-8-14-12-16-13(2)11-17-20(23(16)29-24(14)28)22(27)19-15(21(17)26)9-7-10-18(19)25/h7,9-12,25H,3-6,8H2,1-2H3. The van der Waals surface area contributed by atoms with Crippen molar-refractivity contribution in [1.82, 2.24) is 0 Å². The molecule has 148 valence electrons. The van der Waals surface area contributed by atoms with E-state index in [1.165, 1.54) is 18.2 Å². The van der Waals surface area contributed by atoms with Crippen molar-refractivity contribution in [3.05, 3.63) is 74.1 Å². The fourth-order valence-electron chi connectivity index (χ4n) is 4.04. The van der Waals surface area contributed by atoms with Crippen LogP contribution in [0.25, 0.3) is 11.0 Å². The lowest BCUT2D eigenvalue weighted by Gasteiger charge is -2.20. The van der Waals surface area contributed by atoms with Crippen LogP contribution in [0.4, 0.5) is 0 Å². The monoisotopic (exact) mass is 390 g/mol. The van der Waals surface area contributed by atoms with Gasteiger partial charge < -0.3 is 9.52 Å². The Morgan fingerprint density at radius 1 is 0.931 bits per heavy atom. The molecule has 1 aliphatic carbocycles. The van der Waals surface area contributed by atoms with E-state index in [4.69, 9.17) is 4.42 Å². The van der Waals surface area contributed by atoms with Crippen molar-refractivity contribution in [3.63, 3.8) is 0 Å². The molecule has 1 heterocycles. The summed E-state index contributed by atoms with van der Waals surface area (Å²) in [6.45, 7) is 3.96. The highest BCUT2D eigenvalue weighted by Gasteiger charge is 2.35. The number of phenolic OH excluding ortho intramolecular Hbond substituents is 1. The Kier molecular flexibility index (Phi) is 4.82. The molecule has 1 N–H and O–H groups in total. The zero-order chi connectivity index (χ0) is 20.7. The first-order valence-corrected chi connectivity index (χ1v) is 9.95. The highest BCUT2D eigenvalue weighted by Crippen LogP contribution is 2.37. The predicted molar refractivity (Wildman–Crippen MR) is 110 cm³/mol. The molecule has 0 atom stereocenters. The number of phenols is 1. The minimum absolute atomic E-state index is 0.0403. The van der Waals surface area contributed by atoms with Crippen LogP contribution in [0.3, 0.4) is 0 Å². The van der Waals surface area contributed by atoms with Crippen LogP contribution in [-0.4, -0.2) is 16.7 Å². The number of ketones is 2. The third-order valence-corrected chi connectivity index (χ3v) is 5.59. The second-order valence-corrected chi connectivity index (χ2v) is 7.59. The number of unbranched alkanes of at least 4 members (excludes halogenated alkanes) is 3. The van der Waals surface area contributed by atoms with E-state index >= 15 is 0 Å². The molecule has 0 unspecified atom stereocenters. The summed E-state index contributed by atoms with van der Waals surface area (Å²) in [7, 11) is 0. The summed E-state index contributed by atoms with van der Waals surface area (Å²) >= 11 is 0. The highest BCUT2D eigenvalue weighted by atomic mass is 16.4. The predicted octanol–water partition coefficient (Wildman–Crippen LogP) is 4.71. The first kappa shape index (κ1) is 19.1. The molecular weight excluding hydrogens is 368 g/mol. The summed E-state index contributed by atoms with van der Waals surface area (Å²) in [5.74, 6) is -1.12. The van der Waals surface area contributed by atoms with Crippen molar-refractivity contribution >= 4 is 22.5 Å². The second-order valence-electron chi connectivity index (χ2n) is 7.59. The van der Waals surface area contributed by atoms with Crippen molar-refractivity contribution in [2.45, 2.75) is 46.0 Å². The summed E-state index contributed by atoms with van der Waals surface area (Å²) in [6.07, 6.45) is 4.78. The molecule has 0 fully saturated rings. The van der Waals surface area contributed by atoms with Gasteiger partial charge in [0.25, 0.3) is 0 Å². The van der Waals surface area contributed by atoms with E-state index in [1.807, 2.05) is 6.92 Å². The molecule has 3 aromatic rings. The molecule has 0 saturated heterocycles. The average molecular weight is 390 g/mol. The minimum atomic E-state index is -0.503. The van der Waals surface area contributed by atoms with Crippen LogP contribution in [-0.2, 0) is 6.42 Å². The molecule has 29 heavy (non-hydrogen) atoms. The van der Waals surface area contributed by atoms with Gasteiger partial charge in [-0.3, -0.25) is 9.59 Å². The van der Waals surface area contributed by atoms with E-state index in [-0.39, 0.29) is 39.4 Å². The summed E-state index contributed by atoms with van der Waals surface area (Å²) < 4.78 is 5.59. The van der Waals surface area contributed by atoms with Crippen LogP contribution in [0.5, 0.6) is 5.75 Å². The van der Waals surface area contributed by atoms with Crippen LogP contribution >= 0.6 is 0 Å². The van der Waals surface area contributed by atoms with E-state index in [0.29, 0.717) is 17.4 Å². The Labute approximate surface area is 168 Å². The Morgan fingerprint density at radius 2 is 1.72 bits per heavy atom. The Balaban J connectivity index is 1.89. The van der Waals surface area contributed by atoms with Gasteiger partial charge in [0.2, 0.25) is 5.78 Å². The van der Waals surface area contributed by atoms with Gasteiger partial charge >= 0.3 is 5.63 Å². The van der Waals surface area contributed by atoms with Crippen LogP contribution < -0.4 is 5.63 Å². The molecule has 0 radical (unpaired) electrons. The van der Waals surface area contributed by atoms with E-state index in [2.05, 4.69) is 6.92 Å². The van der Waals surface area contributed by atoms with Crippen LogP contribution in [0, 0.1) is 6.92 Å². The fourth-order valence-corrected chi connectivity index (χ4v) is 4.04. The van der Waals surface area contributed by atoms with Crippen LogP contribution in [0.15, 0.2) is 39.5 Å². The number of hydrogen-bond donors (Lipinski definition) is 1. The molecule has 0 saturated carbocycles. The summed E-state index contributed by atoms with van der Waals surface area (Å²) in [5, 5.41) is 10.8. The van der Waals surface area contributed by atoms with Gasteiger partial charge in [0.05, 0.1) is 11.1 Å². The molecule has 1 aromatic heterocycles. The van der Waals surface area contributed by atoms with Gasteiger partial charge in [0.15, 0.2) is 11.4 Å². The third-order valence-electron chi connectivity index (χ3n) is 5.59. The maximum absolute atomic E-state index is 13.2. The lowest BCUT2D eigenvalue weighted by atomic mass is 9.81. The van der Waals surface area contributed by atoms with Gasteiger partial charge in [0, 0.05) is 22.1 Å². The van der Waals surface area contributed by atoms with Crippen molar-refractivity contribution < 1.29 is 19.1 Å². The zero-order valence-electron chi connectivity index (χ0n) is 16.5. The Bertz CT molecular complexity index is 1220. The summed E-state index contributed by atoms with van der Waals surface area (Å²) in [6, 6.07) is 7.87. The number of hydrogen-bond acceptors (Lipinski definition) is 5. The van der Waals surface area contributed by atoms with Gasteiger partial charge in [-0.2, -0.15) is 0 Å². The highest BCUT2D eigenvalue weighted by molar-refractivity contribution is 6.32.